The zero-order valence-corrected chi connectivity index (χ0v) is 18.1. The highest BCUT2D eigenvalue weighted by molar-refractivity contribution is 6.30. The number of urea groups is 1. The van der Waals surface area contributed by atoms with Gasteiger partial charge < -0.3 is 4.90 Å². The summed E-state index contributed by atoms with van der Waals surface area (Å²) in [5.74, 6) is -0.0315. The van der Waals surface area contributed by atoms with Crippen LogP contribution in [0.4, 0.5) is 4.79 Å². The molecule has 2 aliphatic heterocycles. The van der Waals surface area contributed by atoms with E-state index in [1.54, 1.807) is 0 Å². The number of carbonyl (C=O) groups excluding carboxylic acids is 2. The van der Waals surface area contributed by atoms with E-state index in [4.69, 9.17) is 11.6 Å². The molecule has 5 nitrogen and oxygen atoms in total. The van der Waals surface area contributed by atoms with Crippen molar-refractivity contribution in [3.63, 3.8) is 0 Å². The van der Waals surface area contributed by atoms with Crippen LogP contribution in [0, 0.1) is 0 Å². The fourth-order valence-corrected chi connectivity index (χ4v) is 4.76. The van der Waals surface area contributed by atoms with E-state index in [9.17, 15) is 9.59 Å². The van der Waals surface area contributed by atoms with Gasteiger partial charge >= 0.3 is 6.03 Å². The minimum atomic E-state index is -0.696. The fraction of sp³-hybridized carbons (Fsp3) is 0.417. The Morgan fingerprint density at radius 2 is 1.53 bits per heavy atom. The van der Waals surface area contributed by atoms with Crippen LogP contribution < -0.4 is 0 Å². The van der Waals surface area contributed by atoms with Gasteiger partial charge in [0, 0.05) is 31.2 Å². The van der Waals surface area contributed by atoms with Crippen molar-refractivity contribution in [1.29, 1.82) is 0 Å². The molecule has 0 unspecified atom stereocenters. The maximum absolute atomic E-state index is 13.5. The van der Waals surface area contributed by atoms with Crippen molar-refractivity contribution in [1.82, 2.24) is 14.7 Å². The van der Waals surface area contributed by atoms with Crippen LogP contribution in [0.3, 0.4) is 0 Å². The molecule has 0 radical (unpaired) electrons. The monoisotopic (exact) mass is 425 g/mol. The molecule has 30 heavy (non-hydrogen) atoms. The molecule has 3 amide bonds. The van der Waals surface area contributed by atoms with E-state index in [1.807, 2.05) is 59.5 Å². The van der Waals surface area contributed by atoms with E-state index < -0.39 is 5.54 Å². The summed E-state index contributed by atoms with van der Waals surface area (Å²) in [6.45, 7) is 5.43. The molecule has 2 aromatic carbocycles. The summed E-state index contributed by atoms with van der Waals surface area (Å²) in [5.41, 5.74) is 1.49. The van der Waals surface area contributed by atoms with E-state index in [2.05, 4.69) is 11.8 Å². The van der Waals surface area contributed by atoms with Gasteiger partial charge in [-0.15, -0.1) is 0 Å². The third kappa shape index (κ3) is 3.96. The number of rotatable bonds is 6. The summed E-state index contributed by atoms with van der Waals surface area (Å²) < 4.78 is 0. The second kappa shape index (κ2) is 8.78. The average molecular weight is 426 g/mol. The molecule has 2 aliphatic rings. The van der Waals surface area contributed by atoms with Gasteiger partial charge in [-0.25, -0.2) is 4.79 Å². The van der Waals surface area contributed by atoms with Gasteiger partial charge in [0.2, 0.25) is 0 Å². The highest BCUT2D eigenvalue weighted by Crippen LogP contribution is 2.38. The van der Waals surface area contributed by atoms with Gasteiger partial charge in [0.25, 0.3) is 5.91 Å². The van der Waals surface area contributed by atoms with Crippen molar-refractivity contribution < 1.29 is 9.59 Å². The fourth-order valence-electron chi connectivity index (χ4n) is 4.63. The van der Waals surface area contributed by atoms with Gasteiger partial charge in [0.15, 0.2) is 0 Å². The second-order valence-electron chi connectivity index (χ2n) is 8.25. The number of hydrogen-bond donors (Lipinski definition) is 0. The molecule has 0 aliphatic carbocycles. The largest absolute Gasteiger partial charge is 0.327 e. The van der Waals surface area contributed by atoms with Crippen LogP contribution in [-0.2, 0) is 17.9 Å². The molecule has 0 N–H and O–H groups in total. The number of benzene rings is 2. The first kappa shape index (κ1) is 20.9. The summed E-state index contributed by atoms with van der Waals surface area (Å²) in [6.07, 6.45) is 2.20. The highest BCUT2D eigenvalue weighted by atomic mass is 35.5. The molecule has 158 valence electrons. The van der Waals surface area contributed by atoms with Gasteiger partial charge in [-0.05, 0) is 42.5 Å². The van der Waals surface area contributed by atoms with Crippen LogP contribution in [0.25, 0.3) is 0 Å². The second-order valence-corrected chi connectivity index (χ2v) is 8.68. The Labute approximate surface area is 183 Å². The standard InChI is InChI=1S/C24H28ClN3O2/c1-2-14-28-23(30)27(18-19-6-4-3-5-7-19)22(29)24(28)12-15-26(16-13-24)17-20-8-10-21(25)11-9-20/h3-11H,2,12-18H2,1H3. The van der Waals surface area contributed by atoms with E-state index >= 15 is 0 Å². The third-order valence-corrected chi connectivity index (χ3v) is 6.51. The van der Waals surface area contributed by atoms with Gasteiger partial charge in [-0.2, -0.15) is 0 Å². The predicted molar refractivity (Wildman–Crippen MR) is 118 cm³/mol. The Morgan fingerprint density at radius 3 is 2.17 bits per heavy atom. The van der Waals surface area contributed by atoms with Crippen LogP contribution in [0.5, 0.6) is 0 Å². The molecular formula is C24H28ClN3O2. The van der Waals surface area contributed by atoms with Crippen LogP contribution in [0.15, 0.2) is 54.6 Å². The molecule has 0 atom stereocenters. The number of carbonyl (C=O) groups is 2. The van der Waals surface area contributed by atoms with Crippen molar-refractivity contribution in [2.75, 3.05) is 19.6 Å². The van der Waals surface area contributed by atoms with Crippen LogP contribution in [-0.4, -0.2) is 51.8 Å². The first-order valence-electron chi connectivity index (χ1n) is 10.7. The molecule has 2 aromatic rings. The molecule has 2 heterocycles. The minimum absolute atomic E-state index is 0.0315. The summed E-state index contributed by atoms with van der Waals surface area (Å²) in [7, 11) is 0. The lowest BCUT2D eigenvalue weighted by atomic mass is 9.85. The molecule has 2 fully saturated rings. The van der Waals surface area contributed by atoms with Crippen molar-refractivity contribution in [2.45, 2.75) is 44.8 Å². The molecule has 0 saturated carbocycles. The Bertz CT molecular complexity index is 892. The summed E-state index contributed by atoms with van der Waals surface area (Å²) in [5, 5.41) is 0.736. The van der Waals surface area contributed by atoms with Crippen molar-refractivity contribution in [3.8, 4) is 0 Å². The molecule has 0 aromatic heterocycles. The van der Waals surface area contributed by atoms with Crippen molar-refractivity contribution in [2.24, 2.45) is 0 Å². The number of imide groups is 1. The topological polar surface area (TPSA) is 43.9 Å². The maximum atomic E-state index is 13.5. The Morgan fingerprint density at radius 1 is 0.900 bits per heavy atom. The number of halogens is 1. The van der Waals surface area contributed by atoms with Crippen LogP contribution in [0.2, 0.25) is 5.02 Å². The predicted octanol–water partition coefficient (Wildman–Crippen LogP) is 4.55. The number of piperidine rings is 1. The average Bonchev–Trinajstić information content (AvgIpc) is 2.94. The molecule has 4 rings (SSSR count). The summed E-state index contributed by atoms with van der Waals surface area (Å²) in [4.78, 5) is 32.4. The SMILES string of the molecule is CCCN1C(=O)N(Cc2ccccc2)C(=O)C12CCN(Cc1ccc(Cl)cc1)CC2. The molecule has 2 saturated heterocycles. The quantitative estimate of drug-likeness (QED) is 0.638. The van der Waals surface area contributed by atoms with Gasteiger partial charge in [-0.1, -0.05) is 61.0 Å². The number of likely N-dealkylation sites (tertiary alicyclic amines) is 1. The van der Waals surface area contributed by atoms with E-state index in [1.165, 1.54) is 10.5 Å². The van der Waals surface area contributed by atoms with E-state index in [-0.39, 0.29) is 11.9 Å². The van der Waals surface area contributed by atoms with Crippen molar-refractivity contribution in [3.05, 3.63) is 70.7 Å². The summed E-state index contributed by atoms with van der Waals surface area (Å²) in [6, 6.07) is 17.5. The summed E-state index contributed by atoms with van der Waals surface area (Å²) >= 11 is 5.99. The third-order valence-electron chi connectivity index (χ3n) is 6.26. The zero-order valence-electron chi connectivity index (χ0n) is 17.4. The number of amides is 3. The first-order chi connectivity index (χ1) is 14.5. The Balaban J connectivity index is 1.49. The van der Waals surface area contributed by atoms with Crippen molar-refractivity contribution >= 4 is 23.5 Å². The molecule has 0 bridgehead atoms. The smallest absolute Gasteiger partial charge is 0.309 e. The number of nitrogens with zero attached hydrogens (tertiary/aromatic N) is 3. The minimum Gasteiger partial charge on any atom is -0.309 e. The Hall–Kier alpha value is -2.37. The molecule has 1 spiro atoms. The van der Waals surface area contributed by atoms with Gasteiger partial charge in [-0.3, -0.25) is 14.6 Å². The number of hydrogen-bond acceptors (Lipinski definition) is 3. The molecular weight excluding hydrogens is 398 g/mol. The van der Waals surface area contributed by atoms with Gasteiger partial charge in [0.05, 0.1) is 6.54 Å². The first-order valence-corrected chi connectivity index (χ1v) is 11.1. The lowest BCUT2D eigenvalue weighted by Gasteiger charge is -2.42. The maximum Gasteiger partial charge on any atom is 0.327 e. The normalized spacial score (nSPS) is 19.1. The lowest BCUT2D eigenvalue weighted by molar-refractivity contribution is -0.136. The highest BCUT2D eigenvalue weighted by Gasteiger charge is 2.57. The lowest BCUT2D eigenvalue weighted by Crippen LogP contribution is -2.56. The molecule has 6 heteroatoms. The van der Waals surface area contributed by atoms with E-state index in [0.29, 0.717) is 25.9 Å². The van der Waals surface area contributed by atoms with Crippen LogP contribution in [0.1, 0.15) is 37.3 Å². The zero-order chi connectivity index (χ0) is 21.1. The Kier molecular flexibility index (Phi) is 6.11. The van der Waals surface area contributed by atoms with E-state index in [0.717, 1.165) is 36.6 Å². The van der Waals surface area contributed by atoms with Gasteiger partial charge in [0.1, 0.15) is 5.54 Å². The van der Waals surface area contributed by atoms with Crippen LogP contribution >= 0.6 is 11.6 Å².